The molecule has 1 N–H and O–H groups in total. The molecule has 0 saturated heterocycles. The van der Waals surface area contributed by atoms with Crippen molar-refractivity contribution in [2.75, 3.05) is 14.2 Å². The fourth-order valence-corrected chi connectivity index (χ4v) is 1.34. The van der Waals surface area contributed by atoms with E-state index in [0.29, 0.717) is 12.3 Å². The fourth-order valence-electron chi connectivity index (χ4n) is 1.34. The summed E-state index contributed by atoms with van der Waals surface area (Å²) in [4.78, 5) is 4.16. The maximum Gasteiger partial charge on any atom is 0.399 e. The molecule has 0 unspecified atom stereocenters. The molecule has 1 aromatic carbocycles. The predicted molar refractivity (Wildman–Crippen MR) is 62.3 cm³/mol. The first kappa shape index (κ1) is 11.5. The molecule has 0 saturated carbocycles. The predicted octanol–water partition coefficient (Wildman–Crippen LogP) is 2.19. The van der Waals surface area contributed by atoms with Gasteiger partial charge in [0, 0.05) is 6.54 Å². The van der Waals surface area contributed by atoms with Crippen LogP contribution in [0.25, 0.3) is 0 Å². The number of hydrogen-bond donors (Lipinski definition) is 1. The van der Waals surface area contributed by atoms with Crippen molar-refractivity contribution in [1.29, 1.82) is 0 Å². The number of oxazole rings is 1. The highest BCUT2D eigenvalue weighted by Crippen LogP contribution is 2.23. The van der Waals surface area contributed by atoms with Crippen LogP contribution < -0.4 is 14.8 Å². The van der Waals surface area contributed by atoms with E-state index in [1.165, 1.54) is 0 Å². The zero-order chi connectivity index (χ0) is 12.1. The third kappa shape index (κ3) is 2.98. The Labute approximate surface area is 99.4 Å². The highest BCUT2D eigenvalue weighted by molar-refractivity contribution is 5.32. The molecule has 2 aromatic rings. The van der Waals surface area contributed by atoms with Crippen molar-refractivity contribution in [3.8, 4) is 17.6 Å². The Balaban J connectivity index is 2.03. The normalized spacial score (nSPS) is 10.2. The average molecular weight is 234 g/mol. The second kappa shape index (κ2) is 5.36. The first-order valence-corrected chi connectivity index (χ1v) is 5.22. The summed E-state index contributed by atoms with van der Waals surface area (Å²) in [6, 6.07) is 7.21. The van der Waals surface area contributed by atoms with Gasteiger partial charge in [-0.2, -0.15) is 4.98 Å². The van der Waals surface area contributed by atoms with Crippen LogP contribution in [0, 0.1) is 0 Å². The van der Waals surface area contributed by atoms with Crippen LogP contribution in [0.1, 0.15) is 5.69 Å². The molecule has 0 aliphatic carbocycles. The summed E-state index contributed by atoms with van der Waals surface area (Å²) in [7, 11) is 3.46. The van der Waals surface area contributed by atoms with E-state index in [9.17, 15) is 0 Å². The quantitative estimate of drug-likeness (QED) is 0.859. The van der Waals surface area contributed by atoms with Gasteiger partial charge in [-0.15, -0.1) is 0 Å². The van der Waals surface area contributed by atoms with E-state index in [4.69, 9.17) is 13.9 Å². The molecule has 0 radical (unpaired) electrons. The number of nitrogens with one attached hydrogen (secondary N) is 1. The molecule has 0 amide bonds. The van der Waals surface area contributed by atoms with Gasteiger partial charge in [-0.25, -0.2) is 0 Å². The van der Waals surface area contributed by atoms with Crippen LogP contribution >= 0.6 is 0 Å². The minimum atomic E-state index is 0.236. The van der Waals surface area contributed by atoms with Gasteiger partial charge < -0.3 is 19.2 Å². The molecule has 5 nitrogen and oxygen atoms in total. The van der Waals surface area contributed by atoms with Crippen molar-refractivity contribution in [2.45, 2.75) is 6.54 Å². The number of rotatable bonds is 5. The largest absolute Gasteiger partial charge is 0.497 e. The third-order valence-electron chi connectivity index (χ3n) is 2.15. The van der Waals surface area contributed by atoms with Crippen LogP contribution in [-0.4, -0.2) is 19.1 Å². The number of methoxy groups -OCH3 is 1. The van der Waals surface area contributed by atoms with Crippen LogP contribution in [0.2, 0.25) is 0 Å². The van der Waals surface area contributed by atoms with Crippen molar-refractivity contribution < 1.29 is 13.9 Å². The summed E-state index contributed by atoms with van der Waals surface area (Å²) in [6.07, 6.45) is 1.80. The minimum Gasteiger partial charge on any atom is -0.497 e. The van der Waals surface area contributed by atoms with Gasteiger partial charge in [-0.05, 0) is 31.3 Å². The highest BCUT2D eigenvalue weighted by Gasteiger charge is 2.05. The van der Waals surface area contributed by atoms with Gasteiger partial charge in [0.1, 0.15) is 17.8 Å². The summed E-state index contributed by atoms with van der Waals surface area (Å²) in [5, 5.41) is 2.98. The highest BCUT2D eigenvalue weighted by atomic mass is 16.6. The van der Waals surface area contributed by atoms with Crippen molar-refractivity contribution >= 4 is 0 Å². The van der Waals surface area contributed by atoms with E-state index in [2.05, 4.69) is 10.3 Å². The molecule has 0 atom stereocenters. The summed E-state index contributed by atoms with van der Waals surface area (Å²) >= 11 is 0. The number of hydrogen-bond acceptors (Lipinski definition) is 5. The maximum absolute atomic E-state index is 5.44. The van der Waals surface area contributed by atoms with E-state index >= 15 is 0 Å². The number of ether oxygens (including phenoxy) is 2. The lowest BCUT2D eigenvalue weighted by Crippen LogP contribution is -2.04. The molecular weight excluding hydrogens is 220 g/mol. The first-order chi connectivity index (χ1) is 8.31. The number of aromatic nitrogens is 1. The Morgan fingerprint density at radius 1 is 1.24 bits per heavy atom. The summed E-state index contributed by atoms with van der Waals surface area (Å²) in [5.74, 6) is 1.43. The van der Waals surface area contributed by atoms with Crippen molar-refractivity contribution in [3.05, 3.63) is 36.2 Å². The molecule has 0 aliphatic rings. The lowest BCUT2D eigenvalue weighted by molar-refractivity contribution is 0.330. The Morgan fingerprint density at radius 2 is 1.94 bits per heavy atom. The standard InChI is InChI=1S/C12H14N2O3/c1-13-7-9-8-16-12(14-9)17-11-5-3-10(15-2)4-6-11/h3-6,8,13H,7H2,1-2H3. The van der Waals surface area contributed by atoms with E-state index in [1.54, 1.807) is 25.5 Å². The van der Waals surface area contributed by atoms with Crippen LogP contribution in [0.4, 0.5) is 0 Å². The summed E-state index contributed by atoms with van der Waals surface area (Å²) in [6.45, 7) is 0.648. The Morgan fingerprint density at radius 3 is 2.59 bits per heavy atom. The van der Waals surface area contributed by atoms with E-state index in [1.807, 2.05) is 19.2 Å². The molecule has 0 spiro atoms. The van der Waals surface area contributed by atoms with Gasteiger partial charge in [0.05, 0.1) is 12.8 Å². The molecule has 0 fully saturated rings. The zero-order valence-electron chi connectivity index (χ0n) is 9.77. The minimum absolute atomic E-state index is 0.236. The van der Waals surface area contributed by atoms with Gasteiger partial charge in [-0.1, -0.05) is 0 Å². The second-order valence-electron chi connectivity index (χ2n) is 3.41. The van der Waals surface area contributed by atoms with E-state index in [-0.39, 0.29) is 6.08 Å². The zero-order valence-corrected chi connectivity index (χ0v) is 9.77. The lowest BCUT2D eigenvalue weighted by atomic mass is 10.3. The molecule has 1 aromatic heterocycles. The summed E-state index contributed by atoms with van der Waals surface area (Å²) in [5.41, 5.74) is 0.802. The Kier molecular flexibility index (Phi) is 3.62. The average Bonchev–Trinajstić information content (AvgIpc) is 2.78. The van der Waals surface area contributed by atoms with E-state index in [0.717, 1.165) is 11.4 Å². The van der Waals surface area contributed by atoms with E-state index < -0.39 is 0 Å². The van der Waals surface area contributed by atoms with Crippen molar-refractivity contribution in [3.63, 3.8) is 0 Å². The van der Waals surface area contributed by atoms with Crippen LogP contribution in [0.5, 0.6) is 17.6 Å². The molecule has 90 valence electrons. The topological polar surface area (TPSA) is 56.5 Å². The molecule has 0 aliphatic heterocycles. The number of nitrogens with zero attached hydrogens (tertiary/aromatic N) is 1. The number of benzene rings is 1. The molecule has 0 bridgehead atoms. The third-order valence-corrected chi connectivity index (χ3v) is 2.15. The Hall–Kier alpha value is -2.01. The van der Waals surface area contributed by atoms with Gasteiger partial charge in [-0.3, -0.25) is 0 Å². The molecule has 2 rings (SSSR count). The van der Waals surface area contributed by atoms with Gasteiger partial charge in [0.15, 0.2) is 0 Å². The second-order valence-corrected chi connectivity index (χ2v) is 3.41. The van der Waals surface area contributed by atoms with Crippen LogP contribution in [0.15, 0.2) is 34.9 Å². The molecule has 1 heterocycles. The smallest absolute Gasteiger partial charge is 0.399 e. The first-order valence-electron chi connectivity index (χ1n) is 5.22. The maximum atomic E-state index is 5.44. The van der Waals surface area contributed by atoms with Crippen molar-refractivity contribution in [2.24, 2.45) is 0 Å². The van der Waals surface area contributed by atoms with Crippen LogP contribution in [-0.2, 0) is 6.54 Å². The SMILES string of the molecule is CNCc1coc(Oc2ccc(OC)cc2)n1. The fraction of sp³-hybridized carbons (Fsp3) is 0.250. The van der Waals surface area contributed by atoms with Gasteiger partial charge in [0.2, 0.25) is 0 Å². The van der Waals surface area contributed by atoms with Crippen LogP contribution in [0.3, 0.4) is 0 Å². The van der Waals surface area contributed by atoms with Gasteiger partial charge >= 0.3 is 6.08 Å². The summed E-state index contributed by atoms with van der Waals surface area (Å²) < 4.78 is 15.7. The lowest BCUT2D eigenvalue weighted by Gasteiger charge is -2.02. The van der Waals surface area contributed by atoms with Gasteiger partial charge in [0.25, 0.3) is 0 Å². The Bertz CT molecular complexity index is 465. The van der Waals surface area contributed by atoms with Crippen molar-refractivity contribution in [1.82, 2.24) is 10.3 Å². The monoisotopic (exact) mass is 234 g/mol. The molecular formula is C12H14N2O3. The molecule has 17 heavy (non-hydrogen) atoms. The molecule has 5 heteroatoms.